The van der Waals surface area contributed by atoms with Crippen molar-refractivity contribution >= 4 is 46.9 Å². The van der Waals surface area contributed by atoms with Crippen LogP contribution in [0.2, 0.25) is 5.02 Å². The zero-order valence-electron chi connectivity index (χ0n) is 13.1. The molecule has 0 aliphatic carbocycles. The summed E-state index contributed by atoms with van der Waals surface area (Å²) in [5, 5.41) is 7.64. The zero-order chi connectivity index (χ0) is 18.8. The number of hydrogen-bond donors (Lipinski definition) is 5. The fraction of sp³-hybridized carbons (Fsp3) is 0.133. The second-order valence-electron chi connectivity index (χ2n) is 5.47. The molecule has 2 heterocycles. The van der Waals surface area contributed by atoms with E-state index in [1.165, 1.54) is 0 Å². The molecule has 1 atom stereocenters. The largest absolute Gasteiger partial charge is 0.351 e. The molecule has 0 saturated heterocycles. The number of anilines is 3. The van der Waals surface area contributed by atoms with Crippen molar-refractivity contribution in [1.82, 2.24) is 15.3 Å². The van der Waals surface area contributed by atoms with Crippen LogP contribution in [0.1, 0.15) is 17.9 Å². The Bertz CT molecular complexity index is 973. The minimum absolute atomic E-state index is 0.0484. The van der Waals surface area contributed by atoms with Gasteiger partial charge in [0.15, 0.2) is 0 Å². The summed E-state index contributed by atoms with van der Waals surface area (Å²) in [4.78, 5) is 53.9. The van der Waals surface area contributed by atoms with Crippen molar-refractivity contribution in [3.63, 3.8) is 0 Å². The van der Waals surface area contributed by atoms with Crippen molar-refractivity contribution in [3.8, 4) is 0 Å². The monoisotopic (exact) mass is 376 g/mol. The first-order chi connectivity index (χ1) is 12.3. The van der Waals surface area contributed by atoms with Crippen molar-refractivity contribution in [1.29, 1.82) is 0 Å². The van der Waals surface area contributed by atoms with Gasteiger partial charge in [0.25, 0.3) is 5.56 Å². The van der Waals surface area contributed by atoms with Crippen LogP contribution in [0.3, 0.4) is 0 Å². The number of rotatable bonds is 3. The molecular formula is C15H13ClN6O4. The number of nitrogens with zero attached hydrogens (tertiary/aromatic N) is 1. The minimum Gasteiger partial charge on any atom is -0.351 e. The summed E-state index contributed by atoms with van der Waals surface area (Å²) in [6.07, 6.45) is -0.308. The number of primary amides is 1. The highest BCUT2D eigenvalue weighted by Crippen LogP contribution is 2.29. The van der Waals surface area contributed by atoms with Gasteiger partial charge >= 0.3 is 6.03 Å². The third kappa shape index (κ3) is 3.64. The van der Waals surface area contributed by atoms with E-state index in [4.69, 9.17) is 17.3 Å². The molecule has 3 rings (SSSR count). The number of fused-ring (bicyclic) bond motifs is 1. The van der Waals surface area contributed by atoms with E-state index in [1.807, 2.05) is 5.32 Å². The van der Waals surface area contributed by atoms with E-state index in [0.29, 0.717) is 10.7 Å². The predicted molar refractivity (Wildman–Crippen MR) is 93.3 cm³/mol. The number of aromatic amines is 1. The van der Waals surface area contributed by atoms with Gasteiger partial charge in [-0.2, -0.15) is 4.98 Å². The molecule has 1 aromatic heterocycles. The van der Waals surface area contributed by atoms with Crippen LogP contribution in [0.5, 0.6) is 0 Å². The van der Waals surface area contributed by atoms with Gasteiger partial charge in [-0.3, -0.25) is 24.7 Å². The van der Waals surface area contributed by atoms with E-state index in [1.54, 1.807) is 24.3 Å². The summed E-state index contributed by atoms with van der Waals surface area (Å²) >= 11 is 5.90. The molecule has 134 valence electrons. The number of amides is 4. The maximum atomic E-state index is 12.4. The zero-order valence-corrected chi connectivity index (χ0v) is 13.9. The van der Waals surface area contributed by atoms with Gasteiger partial charge in [-0.1, -0.05) is 17.7 Å². The number of urea groups is 1. The average molecular weight is 377 g/mol. The molecule has 0 fully saturated rings. The van der Waals surface area contributed by atoms with Gasteiger partial charge < -0.3 is 16.4 Å². The number of hydrogen-bond acceptors (Lipinski definition) is 6. The van der Waals surface area contributed by atoms with E-state index >= 15 is 0 Å². The van der Waals surface area contributed by atoms with Gasteiger partial charge in [0.05, 0.1) is 11.5 Å². The molecule has 0 radical (unpaired) electrons. The Morgan fingerprint density at radius 3 is 2.77 bits per heavy atom. The van der Waals surface area contributed by atoms with E-state index in [9.17, 15) is 19.2 Å². The van der Waals surface area contributed by atoms with Crippen LogP contribution in [0.4, 0.5) is 22.2 Å². The summed E-state index contributed by atoms with van der Waals surface area (Å²) in [5.41, 5.74) is 4.79. The van der Waals surface area contributed by atoms with Crippen molar-refractivity contribution < 1.29 is 14.4 Å². The number of nitrogens with two attached hydrogens (primary N) is 1. The smallest absolute Gasteiger partial charge is 0.318 e. The lowest BCUT2D eigenvalue weighted by molar-refractivity contribution is -0.125. The van der Waals surface area contributed by atoms with E-state index in [0.717, 1.165) is 0 Å². The Labute approximate surface area is 151 Å². The number of aromatic nitrogens is 2. The predicted octanol–water partition coefficient (Wildman–Crippen LogP) is 0.788. The lowest BCUT2D eigenvalue weighted by Crippen LogP contribution is -2.43. The summed E-state index contributed by atoms with van der Waals surface area (Å²) in [7, 11) is 0. The molecule has 1 aromatic carbocycles. The first-order valence-electron chi connectivity index (χ1n) is 7.40. The fourth-order valence-electron chi connectivity index (χ4n) is 2.57. The molecule has 1 unspecified atom stereocenters. The average Bonchev–Trinajstić information content (AvgIpc) is 2.53. The lowest BCUT2D eigenvalue weighted by Gasteiger charge is -2.23. The number of halogens is 1. The van der Waals surface area contributed by atoms with Crippen LogP contribution >= 0.6 is 11.6 Å². The van der Waals surface area contributed by atoms with Crippen LogP contribution in [0, 0.1) is 0 Å². The topological polar surface area (TPSA) is 159 Å². The van der Waals surface area contributed by atoms with Crippen molar-refractivity contribution in [3.05, 3.63) is 45.2 Å². The molecule has 1 aliphatic heterocycles. The third-order valence-electron chi connectivity index (χ3n) is 3.60. The van der Waals surface area contributed by atoms with Crippen LogP contribution < -0.4 is 27.2 Å². The normalized spacial score (nSPS) is 15.6. The summed E-state index contributed by atoms with van der Waals surface area (Å²) in [5.74, 6) is -2.57. The quantitative estimate of drug-likeness (QED) is 0.532. The van der Waals surface area contributed by atoms with Gasteiger partial charge in [0.1, 0.15) is 5.82 Å². The molecule has 6 N–H and O–H groups in total. The van der Waals surface area contributed by atoms with Gasteiger partial charge in [-0.05, 0) is 18.2 Å². The highest BCUT2D eigenvalue weighted by molar-refractivity contribution is 6.30. The molecule has 2 aromatic rings. The molecule has 0 saturated carbocycles. The molecule has 1 aliphatic rings. The van der Waals surface area contributed by atoms with Crippen LogP contribution in [0.15, 0.2) is 29.1 Å². The molecule has 0 bridgehead atoms. The number of nitrogens with one attached hydrogen (secondary N) is 4. The van der Waals surface area contributed by atoms with Crippen molar-refractivity contribution in [2.24, 2.45) is 5.73 Å². The van der Waals surface area contributed by atoms with Gasteiger partial charge in [0.2, 0.25) is 17.8 Å². The van der Waals surface area contributed by atoms with E-state index < -0.39 is 29.3 Å². The maximum absolute atomic E-state index is 12.4. The molecule has 4 amide bonds. The Kier molecular flexibility index (Phi) is 4.59. The van der Waals surface area contributed by atoms with E-state index in [2.05, 4.69) is 20.6 Å². The Balaban J connectivity index is 1.97. The number of carbonyl (C=O) groups excluding carboxylic acids is 3. The number of imide groups is 1. The first-order valence-corrected chi connectivity index (χ1v) is 7.78. The van der Waals surface area contributed by atoms with E-state index in [-0.39, 0.29) is 23.8 Å². The first kappa shape index (κ1) is 17.4. The molecule has 10 nitrogen and oxygen atoms in total. The molecule has 0 spiro atoms. The standard InChI is InChI=1S/C15H13ClN6O4/c16-6-2-1-3-7(4-6)18-15-20-11-10(13(25)22-15)8(5-9(23)19-11)12(24)21-14(17)26/h1-4,8H,5H2,(H3,17,21,24,26)(H3,18,19,20,22,23,25). The third-order valence-corrected chi connectivity index (χ3v) is 3.84. The minimum atomic E-state index is -1.18. The van der Waals surface area contributed by atoms with Crippen LogP contribution in [0.25, 0.3) is 0 Å². The maximum Gasteiger partial charge on any atom is 0.318 e. The Morgan fingerprint density at radius 2 is 2.08 bits per heavy atom. The Hall–Kier alpha value is -3.40. The fourth-order valence-corrected chi connectivity index (χ4v) is 2.76. The number of H-pyrrole nitrogens is 1. The highest BCUT2D eigenvalue weighted by Gasteiger charge is 2.35. The second kappa shape index (κ2) is 6.84. The summed E-state index contributed by atoms with van der Waals surface area (Å²) < 4.78 is 0. The number of benzene rings is 1. The summed E-state index contributed by atoms with van der Waals surface area (Å²) in [6, 6.07) is 5.62. The lowest BCUT2D eigenvalue weighted by atomic mass is 9.92. The Morgan fingerprint density at radius 1 is 1.31 bits per heavy atom. The van der Waals surface area contributed by atoms with Crippen LogP contribution in [-0.2, 0) is 9.59 Å². The molecular weight excluding hydrogens is 364 g/mol. The molecule has 11 heteroatoms. The van der Waals surface area contributed by atoms with Crippen molar-refractivity contribution in [2.45, 2.75) is 12.3 Å². The van der Waals surface area contributed by atoms with Crippen molar-refractivity contribution in [2.75, 3.05) is 10.6 Å². The number of carbonyl (C=O) groups is 3. The summed E-state index contributed by atoms with van der Waals surface area (Å²) in [6.45, 7) is 0. The van der Waals surface area contributed by atoms with Gasteiger partial charge in [-0.25, -0.2) is 4.79 Å². The van der Waals surface area contributed by atoms with Crippen LogP contribution in [-0.4, -0.2) is 27.8 Å². The second-order valence-corrected chi connectivity index (χ2v) is 5.91. The highest BCUT2D eigenvalue weighted by atomic mass is 35.5. The van der Waals surface area contributed by atoms with Gasteiger partial charge in [-0.15, -0.1) is 0 Å². The SMILES string of the molecule is NC(=O)NC(=O)C1CC(=O)Nc2nc(Nc3cccc(Cl)c3)[nH]c(=O)c21. The molecule has 26 heavy (non-hydrogen) atoms. The van der Waals surface area contributed by atoms with Gasteiger partial charge in [0, 0.05) is 17.1 Å².